The van der Waals surface area contributed by atoms with E-state index in [4.69, 9.17) is 0 Å². The van der Waals surface area contributed by atoms with Gasteiger partial charge in [0.2, 0.25) is 10.0 Å². The molecule has 2 N–H and O–H groups in total. The molecule has 3 rings (SSSR count). The van der Waals surface area contributed by atoms with Crippen molar-refractivity contribution in [1.29, 1.82) is 0 Å². The van der Waals surface area contributed by atoms with Crippen LogP contribution in [0.3, 0.4) is 0 Å². The van der Waals surface area contributed by atoms with Gasteiger partial charge in [-0.1, -0.05) is 6.07 Å². The molecule has 0 bridgehead atoms. The maximum absolute atomic E-state index is 12.7. The summed E-state index contributed by atoms with van der Waals surface area (Å²) in [6.07, 6.45) is 1.60. The second-order valence-electron chi connectivity index (χ2n) is 6.21. The lowest BCUT2D eigenvalue weighted by Crippen LogP contribution is -3.12. The molecule has 0 atom stereocenters. The first kappa shape index (κ1) is 17.3. The van der Waals surface area contributed by atoms with E-state index < -0.39 is 10.0 Å². The Morgan fingerprint density at radius 1 is 1.29 bits per heavy atom. The Kier molecular flexibility index (Phi) is 5.19. The van der Waals surface area contributed by atoms with E-state index in [1.165, 1.54) is 9.78 Å². The van der Waals surface area contributed by atoms with Gasteiger partial charge in [-0.3, -0.25) is 4.90 Å². The van der Waals surface area contributed by atoms with E-state index in [1.807, 2.05) is 19.2 Å². The van der Waals surface area contributed by atoms with Crippen LogP contribution in [0.1, 0.15) is 4.88 Å². The highest BCUT2D eigenvalue weighted by molar-refractivity contribution is 7.89. The number of hydrogen-bond donors (Lipinski definition) is 1. The van der Waals surface area contributed by atoms with Gasteiger partial charge in [-0.2, -0.15) is 4.31 Å². The fourth-order valence-electron chi connectivity index (χ4n) is 2.78. The highest BCUT2D eigenvalue weighted by Crippen LogP contribution is 2.18. The Hall–Kier alpha value is -1.48. The summed E-state index contributed by atoms with van der Waals surface area (Å²) in [5, 5.41) is 2.06. The number of piperazine rings is 1. The minimum Gasteiger partial charge on any atom is -0.335 e. The predicted molar refractivity (Wildman–Crippen MR) is 94.8 cm³/mol. The first-order valence-corrected chi connectivity index (χ1v) is 10.4. The summed E-state index contributed by atoms with van der Waals surface area (Å²) in [6.45, 7) is 3.65. The van der Waals surface area contributed by atoms with Gasteiger partial charge in [0.15, 0.2) is 0 Å². The summed E-state index contributed by atoms with van der Waals surface area (Å²) in [6, 6.07) is 7.65. The van der Waals surface area contributed by atoms with Gasteiger partial charge >= 0.3 is 0 Å². The smallest absolute Gasteiger partial charge is 0.274 e. The zero-order valence-electron chi connectivity index (χ0n) is 14.0. The quantitative estimate of drug-likeness (QED) is 0.790. The lowest BCUT2D eigenvalue weighted by molar-refractivity contribution is -0.883. The van der Waals surface area contributed by atoms with Crippen molar-refractivity contribution in [3.63, 3.8) is 0 Å². The number of rotatable bonds is 5. The number of nitrogens with one attached hydrogen (secondary N) is 2. The van der Waals surface area contributed by atoms with E-state index in [9.17, 15) is 8.42 Å². The lowest BCUT2D eigenvalue weighted by Gasteiger charge is -2.29. The molecule has 0 aliphatic carbocycles. The molecule has 1 fully saturated rings. The van der Waals surface area contributed by atoms with E-state index in [1.54, 1.807) is 27.9 Å². The third-order valence-electron chi connectivity index (χ3n) is 4.37. The minimum atomic E-state index is -3.41. The van der Waals surface area contributed by atoms with Gasteiger partial charge in [-0.25, -0.2) is 13.4 Å². The van der Waals surface area contributed by atoms with Gasteiger partial charge in [-0.15, -0.1) is 11.3 Å². The van der Waals surface area contributed by atoms with Crippen LogP contribution >= 0.6 is 11.3 Å². The van der Waals surface area contributed by atoms with Crippen molar-refractivity contribution < 1.29 is 18.3 Å². The molecule has 6 nitrogen and oxygen atoms in total. The van der Waals surface area contributed by atoms with Gasteiger partial charge in [0, 0.05) is 10.9 Å². The SMILES string of the molecule is CN(Cc1cccs1)c1ccc(S(=O)(=O)N2CC[NH+](C)CC2)c[nH+]1. The maximum atomic E-state index is 12.7. The number of aromatic nitrogens is 1. The number of likely N-dealkylation sites (N-methyl/N-ethyl adjacent to an activating group) is 1. The average molecular weight is 369 g/mol. The summed E-state index contributed by atoms with van der Waals surface area (Å²) in [5.74, 6) is 0.894. The Morgan fingerprint density at radius 2 is 2.04 bits per heavy atom. The van der Waals surface area contributed by atoms with Crippen molar-refractivity contribution >= 4 is 27.2 Å². The topological polar surface area (TPSA) is 59.2 Å². The largest absolute Gasteiger partial charge is 0.335 e. The minimum absolute atomic E-state index is 0.329. The Labute approximate surface area is 147 Å². The maximum Gasteiger partial charge on any atom is 0.274 e. The number of thiophene rings is 1. The van der Waals surface area contributed by atoms with Crippen molar-refractivity contribution in [2.24, 2.45) is 0 Å². The molecule has 2 aromatic rings. The van der Waals surface area contributed by atoms with Crippen molar-refractivity contribution in [1.82, 2.24) is 4.31 Å². The number of quaternary nitrogens is 1. The molecule has 0 amide bonds. The average Bonchev–Trinajstić information content (AvgIpc) is 3.08. The molecule has 0 spiro atoms. The van der Waals surface area contributed by atoms with Gasteiger partial charge in [0.05, 0.1) is 40.3 Å². The summed E-state index contributed by atoms with van der Waals surface area (Å²) in [5.41, 5.74) is 0. The van der Waals surface area contributed by atoms with E-state index in [-0.39, 0.29) is 0 Å². The van der Waals surface area contributed by atoms with Crippen LogP contribution in [-0.4, -0.2) is 53.0 Å². The molecule has 130 valence electrons. The molecule has 3 heterocycles. The number of aromatic amines is 1. The molecule has 8 heteroatoms. The van der Waals surface area contributed by atoms with Crippen LogP contribution in [0.2, 0.25) is 0 Å². The molecule has 1 aliphatic heterocycles. The third-order valence-corrected chi connectivity index (χ3v) is 7.12. The number of sulfonamides is 1. The highest BCUT2D eigenvalue weighted by Gasteiger charge is 2.30. The molecule has 0 aromatic carbocycles. The molecular formula is C16H24N4O2S2+2. The summed E-state index contributed by atoms with van der Waals surface area (Å²) in [4.78, 5) is 8.16. The normalized spacial score (nSPS) is 17.1. The number of pyridine rings is 1. The molecule has 0 radical (unpaired) electrons. The van der Waals surface area contributed by atoms with Crippen LogP contribution in [0.4, 0.5) is 5.82 Å². The zero-order valence-corrected chi connectivity index (χ0v) is 15.7. The van der Waals surface area contributed by atoms with Gasteiger partial charge in [0.25, 0.3) is 5.82 Å². The van der Waals surface area contributed by atoms with E-state index in [0.29, 0.717) is 18.0 Å². The van der Waals surface area contributed by atoms with E-state index >= 15 is 0 Å². The molecule has 1 saturated heterocycles. The monoisotopic (exact) mass is 368 g/mol. The second kappa shape index (κ2) is 7.18. The molecular weight excluding hydrogens is 344 g/mol. The Bertz CT molecular complexity index is 752. The van der Waals surface area contributed by atoms with E-state index in [2.05, 4.69) is 28.4 Å². The standard InChI is InChI=1S/C16H22N4O2S2/c1-18-7-9-20(10-8-18)24(21,22)15-5-6-16(17-12-15)19(2)13-14-4-3-11-23-14/h3-6,11-12H,7-10,13H2,1-2H3/p+2. The van der Waals surface area contributed by atoms with Crippen molar-refractivity contribution in [2.45, 2.75) is 11.4 Å². The number of H-pyrrole nitrogens is 1. The molecule has 24 heavy (non-hydrogen) atoms. The highest BCUT2D eigenvalue weighted by atomic mass is 32.2. The lowest BCUT2D eigenvalue weighted by atomic mass is 10.4. The molecule has 0 unspecified atom stereocenters. The Morgan fingerprint density at radius 3 is 2.62 bits per heavy atom. The fraction of sp³-hybridized carbons (Fsp3) is 0.438. The van der Waals surface area contributed by atoms with Gasteiger partial charge in [-0.05, 0) is 17.5 Å². The van der Waals surface area contributed by atoms with Crippen LogP contribution in [0, 0.1) is 0 Å². The fourth-order valence-corrected chi connectivity index (χ4v) is 4.95. The van der Waals surface area contributed by atoms with Crippen LogP contribution in [-0.2, 0) is 16.6 Å². The molecule has 2 aromatic heterocycles. The van der Waals surface area contributed by atoms with Crippen LogP contribution in [0.25, 0.3) is 0 Å². The Balaban J connectivity index is 1.71. The molecule has 1 aliphatic rings. The summed E-state index contributed by atoms with van der Waals surface area (Å²) in [7, 11) is 0.677. The number of hydrogen-bond acceptors (Lipinski definition) is 4. The van der Waals surface area contributed by atoms with Gasteiger partial charge in [0.1, 0.15) is 17.6 Å². The third kappa shape index (κ3) is 3.77. The van der Waals surface area contributed by atoms with Crippen LogP contribution in [0.15, 0.2) is 40.7 Å². The van der Waals surface area contributed by atoms with Gasteiger partial charge < -0.3 is 4.90 Å². The zero-order chi connectivity index (χ0) is 17.2. The summed E-state index contributed by atoms with van der Waals surface area (Å²) < 4.78 is 27.0. The first-order valence-electron chi connectivity index (χ1n) is 8.03. The van der Waals surface area contributed by atoms with Crippen molar-refractivity contribution in [3.05, 3.63) is 40.7 Å². The van der Waals surface area contributed by atoms with E-state index in [0.717, 1.165) is 25.5 Å². The molecule has 0 saturated carbocycles. The van der Waals surface area contributed by atoms with Crippen LogP contribution < -0.4 is 14.8 Å². The number of anilines is 1. The summed E-state index contributed by atoms with van der Waals surface area (Å²) >= 11 is 1.71. The van der Waals surface area contributed by atoms with Crippen molar-refractivity contribution in [2.75, 3.05) is 45.2 Å². The number of nitrogens with zero attached hydrogens (tertiary/aromatic N) is 2. The van der Waals surface area contributed by atoms with Crippen LogP contribution in [0.5, 0.6) is 0 Å². The predicted octanol–water partition coefficient (Wildman–Crippen LogP) is -0.282. The first-order chi connectivity index (χ1) is 11.5. The van der Waals surface area contributed by atoms with Crippen molar-refractivity contribution in [3.8, 4) is 0 Å². The second-order valence-corrected chi connectivity index (χ2v) is 9.18.